The SMILES string of the molecule is O=Cc1cc(-c2cc(C(F)(F)F)on2)c(F)cc1Cl. The summed E-state index contributed by atoms with van der Waals surface area (Å²) in [6.07, 6.45) is -4.36. The fourth-order valence-electron chi connectivity index (χ4n) is 1.39. The topological polar surface area (TPSA) is 43.1 Å². The van der Waals surface area contributed by atoms with Gasteiger partial charge in [-0.15, -0.1) is 0 Å². The standard InChI is InChI=1S/C11H4ClF4NO2/c12-7-2-8(13)6(1-5(7)4-18)9-3-10(19-17-9)11(14,15)16/h1-4H. The van der Waals surface area contributed by atoms with Gasteiger partial charge in [0, 0.05) is 17.2 Å². The zero-order chi connectivity index (χ0) is 14.2. The van der Waals surface area contributed by atoms with Gasteiger partial charge in [0.15, 0.2) is 6.29 Å². The smallest absolute Gasteiger partial charge is 0.351 e. The van der Waals surface area contributed by atoms with Gasteiger partial charge in [-0.3, -0.25) is 4.79 Å². The van der Waals surface area contributed by atoms with Crippen LogP contribution in [-0.4, -0.2) is 11.4 Å². The van der Waals surface area contributed by atoms with Gasteiger partial charge in [-0.05, 0) is 12.1 Å². The molecular formula is C11H4ClF4NO2. The summed E-state index contributed by atoms with van der Waals surface area (Å²) in [7, 11) is 0. The lowest BCUT2D eigenvalue weighted by atomic mass is 10.1. The maximum absolute atomic E-state index is 13.6. The summed E-state index contributed by atoms with van der Waals surface area (Å²) in [5.41, 5.74) is -0.732. The van der Waals surface area contributed by atoms with Crippen LogP contribution < -0.4 is 0 Å². The molecular weight excluding hydrogens is 290 g/mol. The Morgan fingerprint density at radius 3 is 2.47 bits per heavy atom. The van der Waals surface area contributed by atoms with Gasteiger partial charge in [0.1, 0.15) is 11.5 Å². The third-order valence-corrected chi connectivity index (χ3v) is 2.61. The second-order valence-electron chi connectivity index (χ2n) is 3.55. The number of hydrogen-bond donors (Lipinski definition) is 0. The molecule has 19 heavy (non-hydrogen) atoms. The molecule has 1 heterocycles. The molecule has 3 nitrogen and oxygen atoms in total. The predicted octanol–water partition coefficient (Wildman–Crippen LogP) is 3.97. The molecule has 0 saturated carbocycles. The Bertz CT molecular complexity index is 636. The van der Waals surface area contributed by atoms with Crippen LogP contribution in [0.2, 0.25) is 5.02 Å². The lowest BCUT2D eigenvalue weighted by Gasteiger charge is -2.02. The number of alkyl halides is 3. The second-order valence-corrected chi connectivity index (χ2v) is 3.95. The van der Waals surface area contributed by atoms with Crippen molar-refractivity contribution in [2.45, 2.75) is 6.18 Å². The summed E-state index contributed by atoms with van der Waals surface area (Å²) in [5, 5.41) is 2.98. The Kier molecular flexibility index (Phi) is 3.32. The number of aldehydes is 1. The molecule has 0 bridgehead atoms. The number of aromatic nitrogens is 1. The highest BCUT2D eigenvalue weighted by atomic mass is 35.5. The highest BCUT2D eigenvalue weighted by Crippen LogP contribution is 2.33. The largest absolute Gasteiger partial charge is 0.452 e. The van der Waals surface area contributed by atoms with Gasteiger partial charge in [-0.2, -0.15) is 13.2 Å². The van der Waals surface area contributed by atoms with E-state index < -0.39 is 17.8 Å². The van der Waals surface area contributed by atoms with Gasteiger partial charge in [-0.1, -0.05) is 16.8 Å². The van der Waals surface area contributed by atoms with Gasteiger partial charge < -0.3 is 4.52 Å². The average molecular weight is 294 g/mol. The van der Waals surface area contributed by atoms with Crippen LogP contribution >= 0.6 is 11.6 Å². The molecule has 2 aromatic rings. The van der Waals surface area contributed by atoms with Crippen molar-refractivity contribution in [2.24, 2.45) is 0 Å². The van der Waals surface area contributed by atoms with Gasteiger partial charge in [0.2, 0.25) is 5.76 Å². The molecule has 1 aromatic heterocycles. The molecule has 0 N–H and O–H groups in total. The van der Waals surface area contributed by atoms with Gasteiger partial charge in [0.25, 0.3) is 0 Å². The van der Waals surface area contributed by atoms with E-state index in [9.17, 15) is 22.4 Å². The highest BCUT2D eigenvalue weighted by molar-refractivity contribution is 6.33. The molecule has 0 fully saturated rings. The van der Waals surface area contributed by atoms with Crippen molar-refractivity contribution in [1.82, 2.24) is 5.16 Å². The Morgan fingerprint density at radius 1 is 1.26 bits per heavy atom. The van der Waals surface area contributed by atoms with Crippen molar-refractivity contribution in [1.29, 1.82) is 0 Å². The van der Waals surface area contributed by atoms with E-state index in [1.165, 1.54) is 0 Å². The van der Waals surface area contributed by atoms with Crippen molar-refractivity contribution in [3.05, 3.63) is 40.4 Å². The average Bonchev–Trinajstić information content (AvgIpc) is 2.78. The molecule has 0 aliphatic carbocycles. The monoisotopic (exact) mass is 293 g/mol. The van der Waals surface area contributed by atoms with Crippen LogP contribution in [-0.2, 0) is 6.18 Å². The van der Waals surface area contributed by atoms with Crippen LogP contribution in [0.3, 0.4) is 0 Å². The minimum absolute atomic E-state index is 0.0605. The number of carbonyl (C=O) groups excluding carboxylic acids is 1. The van der Waals surface area contributed by atoms with Crippen LogP contribution in [0.25, 0.3) is 11.3 Å². The number of rotatable bonds is 2. The Hall–Kier alpha value is -1.89. The molecule has 0 aliphatic heterocycles. The van der Waals surface area contributed by atoms with Gasteiger partial charge >= 0.3 is 6.18 Å². The van der Waals surface area contributed by atoms with E-state index >= 15 is 0 Å². The van der Waals surface area contributed by atoms with E-state index in [2.05, 4.69) is 9.68 Å². The van der Waals surface area contributed by atoms with Crippen molar-refractivity contribution in [3.8, 4) is 11.3 Å². The molecule has 1 aromatic carbocycles. The summed E-state index contributed by atoms with van der Waals surface area (Å²) in [6.45, 7) is 0. The lowest BCUT2D eigenvalue weighted by molar-refractivity contribution is -0.155. The van der Waals surface area contributed by atoms with E-state index in [0.29, 0.717) is 12.4 Å². The second kappa shape index (κ2) is 4.65. The Morgan fingerprint density at radius 2 is 1.95 bits per heavy atom. The van der Waals surface area contributed by atoms with Crippen LogP contribution in [0.1, 0.15) is 16.1 Å². The van der Waals surface area contributed by atoms with E-state index in [4.69, 9.17) is 11.6 Å². The van der Waals surface area contributed by atoms with Crippen LogP contribution in [0.15, 0.2) is 22.7 Å². The highest BCUT2D eigenvalue weighted by Gasteiger charge is 2.36. The zero-order valence-corrected chi connectivity index (χ0v) is 9.72. The Balaban J connectivity index is 2.53. The molecule has 0 radical (unpaired) electrons. The summed E-state index contributed by atoms with van der Waals surface area (Å²) in [5.74, 6) is -2.26. The molecule has 0 unspecified atom stereocenters. The fourth-order valence-corrected chi connectivity index (χ4v) is 1.58. The zero-order valence-electron chi connectivity index (χ0n) is 8.96. The van der Waals surface area contributed by atoms with Crippen molar-refractivity contribution < 1.29 is 26.9 Å². The minimum Gasteiger partial charge on any atom is -0.351 e. The van der Waals surface area contributed by atoms with Crippen LogP contribution in [0, 0.1) is 5.82 Å². The number of carbonyl (C=O) groups is 1. The minimum atomic E-state index is -4.72. The van der Waals surface area contributed by atoms with Crippen molar-refractivity contribution in [2.75, 3.05) is 0 Å². The molecule has 2 rings (SSSR count). The first-order valence-corrected chi connectivity index (χ1v) is 5.19. The van der Waals surface area contributed by atoms with E-state index in [1.807, 2.05) is 0 Å². The number of benzene rings is 1. The van der Waals surface area contributed by atoms with Crippen LogP contribution in [0.4, 0.5) is 17.6 Å². The third-order valence-electron chi connectivity index (χ3n) is 2.28. The molecule has 8 heteroatoms. The summed E-state index contributed by atoms with van der Waals surface area (Å²) >= 11 is 5.57. The molecule has 0 spiro atoms. The van der Waals surface area contributed by atoms with Gasteiger partial charge in [0.05, 0.1) is 5.02 Å². The number of hydrogen-bond acceptors (Lipinski definition) is 3. The quantitative estimate of drug-likeness (QED) is 0.621. The number of nitrogens with zero attached hydrogens (tertiary/aromatic N) is 1. The van der Waals surface area contributed by atoms with E-state index in [1.54, 1.807) is 0 Å². The number of halogens is 5. The summed E-state index contributed by atoms with van der Waals surface area (Å²) < 4.78 is 54.6. The normalized spacial score (nSPS) is 11.6. The molecule has 100 valence electrons. The maximum Gasteiger partial charge on any atom is 0.452 e. The van der Waals surface area contributed by atoms with E-state index in [-0.39, 0.29) is 21.8 Å². The summed E-state index contributed by atoms with van der Waals surface area (Å²) in [6, 6.07) is 2.37. The molecule has 0 saturated heterocycles. The Labute approximate surface area is 108 Å². The van der Waals surface area contributed by atoms with Gasteiger partial charge in [-0.25, -0.2) is 4.39 Å². The molecule has 0 aliphatic rings. The predicted molar refractivity (Wildman–Crippen MR) is 57.3 cm³/mol. The van der Waals surface area contributed by atoms with Crippen molar-refractivity contribution >= 4 is 17.9 Å². The van der Waals surface area contributed by atoms with Crippen molar-refractivity contribution in [3.63, 3.8) is 0 Å². The molecule has 0 amide bonds. The van der Waals surface area contributed by atoms with Crippen LogP contribution in [0.5, 0.6) is 0 Å². The third kappa shape index (κ3) is 2.60. The summed E-state index contributed by atoms with van der Waals surface area (Å²) in [4.78, 5) is 10.7. The first-order valence-electron chi connectivity index (χ1n) is 4.81. The first kappa shape index (κ1) is 13.5. The molecule has 0 atom stereocenters. The van der Waals surface area contributed by atoms with E-state index in [0.717, 1.165) is 12.1 Å². The first-order chi connectivity index (χ1) is 8.82. The lowest BCUT2D eigenvalue weighted by Crippen LogP contribution is -2.02. The fraction of sp³-hybridized carbons (Fsp3) is 0.0909. The maximum atomic E-state index is 13.6.